The number of piperazine rings is 1. The first-order valence-electron chi connectivity index (χ1n) is 15.3. The van der Waals surface area contributed by atoms with Gasteiger partial charge in [-0.15, -0.1) is 0 Å². The Balaban J connectivity index is 1.49. The molecule has 11 nitrogen and oxygen atoms in total. The van der Waals surface area contributed by atoms with E-state index in [9.17, 15) is 13.2 Å². The lowest BCUT2D eigenvalue weighted by Gasteiger charge is -2.42. The Morgan fingerprint density at radius 2 is 1.83 bits per heavy atom. The zero-order chi connectivity index (χ0) is 33.0. The predicted molar refractivity (Wildman–Crippen MR) is 172 cm³/mol. The van der Waals surface area contributed by atoms with Gasteiger partial charge in [-0.1, -0.05) is 25.1 Å². The average Bonchev–Trinajstić information content (AvgIpc) is 3.27. The summed E-state index contributed by atoms with van der Waals surface area (Å²) in [6.07, 6.45) is 4.33. The second-order valence-corrected chi connectivity index (χ2v) is 14.8. The maximum Gasteiger partial charge on any atom is 0.410 e. The molecule has 1 amide bonds. The zero-order valence-electron chi connectivity index (χ0n) is 26.8. The number of ether oxygens (including phenoxy) is 3. The van der Waals surface area contributed by atoms with E-state index in [1.807, 2.05) is 56.9 Å². The van der Waals surface area contributed by atoms with E-state index in [2.05, 4.69) is 15.0 Å². The van der Waals surface area contributed by atoms with Gasteiger partial charge in [0.2, 0.25) is 15.0 Å². The highest BCUT2D eigenvalue weighted by Crippen LogP contribution is 2.40. The van der Waals surface area contributed by atoms with Crippen LogP contribution in [0.5, 0.6) is 5.75 Å². The van der Waals surface area contributed by atoms with Gasteiger partial charge in [0.05, 0.1) is 17.5 Å². The summed E-state index contributed by atoms with van der Waals surface area (Å²) in [6, 6.07) is 9.06. The number of rotatable bonds is 7. The average molecular weight is 652 g/mol. The smallest absolute Gasteiger partial charge is 0.410 e. The number of nitrogens with zero attached hydrogens (tertiary/aromatic N) is 5. The van der Waals surface area contributed by atoms with E-state index < -0.39 is 26.4 Å². The molecule has 6 rings (SSSR count). The number of aryl methyl sites for hydroxylation is 1. The molecule has 4 heterocycles. The minimum absolute atomic E-state index is 0.00350. The summed E-state index contributed by atoms with van der Waals surface area (Å²) >= 11 is 0. The highest BCUT2D eigenvalue weighted by molar-refractivity contribution is 7.90. The van der Waals surface area contributed by atoms with Gasteiger partial charge in [0.25, 0.3) is 0 Å². The summed E-state index contributed by atoms with van der Waals surface area (Å²) in [6.45, 7) is 8.25. The molecule has 2 fully saturated rings. The molecule has 0 saturated carbocycles. The molecule has 4 aromatic rings. The van der Waals surface area contributed by atoms with Crippen molar-refractivity contribution in [3.8, 4) is 17.0 Å². The minimum Gasteiger partial charge on any atom is -0.468 e. The van der Waals surface area contributed by atoms with Crippen LogP contribution >= 0.6 is 0 Å². The quantitative estimate of drug-likeness (QED) is 0.186. The Labute approximate surface area is 267 Å². The topological polar surface area (TPSA) is 124 Å². The third-order valence-corrected chi connectivity index (χ3v) is 9.22. The van der Waals surface area contributed by atoms with Crippen molar-refractivity contribution >= 4 is 43.4 Å². The number of aromatic nitrogens is 3. The number of carbonyl (C=O) groups is 1. The Morgan fingerprint density at radius 3 is 2.46 bits per heavy atom. The van der Waals surface area contributed by atoms with E-state index in [1.165, 1.54) is 13.3 Å². The Morgan fingerprint density at radius 1 is 1.11 bits per heavy atom. The minimum atomic E-state index is -3.92. The van der Waals surface area contributed by atoms with E-state index >= 15 is 4.39 Å². The van der Waals surface area contributed by atoms with Crippen LogP contribution in [0.1, 0.15) is 46.1 Å². The number of amides is 1. The molecule has 244 valence electrons. The molecule has 2 unspecified atom stereocenters. The Bertz CT molecular complexity index is 1930. The van der Waals surface area contributed by atoms with Crippen molar-refractivity contribution in [2.45, 2.75) is 69.8 Å². The number of fused-ring (bicyclic) bond motifs is 4. The van der Waals surface area contributed by atoms with Gasteiger partial charge in [-0.2, -0.15) is 0 Å². The Kier molecular flexibility index (Phi) is 8.26. The van der Waals surface area contributed by atoms with E-state index in [4.69, 9.17) is 14.2 Å². The van der Waals surface area contributed by atoms with Gasteiger partial charge < -0.3 is 19.1 Å². The molecule has 13 heteroatoms. The van der Waals surface area contributed by atoms with Crippen molar-refractivity contribution in [3.05, 3.63) is 47.9 Å². The van der Waals surface area contributed by atoms with Gasteiger partial charge in [-0.05, 0) is 68.5 Å². The zero-order valence-corrected chi connectivity index (χ0v) is 27.6. The van der Waals surface area contributed by atoms with Crippen molar-refractivity contribution in [3.63, 3.8) is 0 Å². The fourth-order valence-corrected chi connectivity index (χ4v) is 6.98. The van der Waals surface area contributed by atoms with E-state index in [1.54, 1.807) is 11.0 Å². The molecule has 2 aromatic carbocycles. The standard InChI is InChI=1S/C33H38FN5O6S/c1-7-19-9-8-10-20-13-23(44-18-43-5)14-24(26(19)20)28-27(34)29-25(15-35-28)30(37-31(36-29)46(6,41)42)38-16-21-11-12-22(17-38)39(21)32(40)45-33(2,3)4/h8-10,13-15,21-22H,7,11-12,16-18H2,1-6H3. The van der Waals surface area contributed by atoms with E-state index in [-0.39, 0.29) is 47.4 Å². The normalized spacial score (nSPS) is 18.4. The molecule has 2 bridgehead atoms. The van der Waals surface area contributed by atoms with Gasteiger partial charge in [0.15, 0.2) is 12.6 Å². The molecule has 2 aliphatic rings. The largest absolute Gasteiger partial charge is 0.468 e. The van der Waals surface area contributed by atoms with Gasteiger partial charge in [-0.25, -0.2) is 27.6 Å². The molecule has 0 radical (unpaired) electrons. The molecule has 0 spiro atoms. The van der Waals surface area contributed by atoms with Crippen molar-refractivity contribution in [2.24, 2.45) is 0 Å². The molecular formula is C33H38FN5O6S. The van der Waals surface area contributed by atoms with Crippen LogP contribution in [0, 0.1) is 5.82 Å². The summed E-state index contributed by atoms with van der Waals surface area (Å²) in [5.41, 5.74) is 0.708. The fourth-order valence-electron chi connectivity index (χ4n) is 6.47. The van der Waals surface area contributed by atoms with Crippen LogP contribution in [0.3, 0.4) is 0 Å². The van der Waals surface area contributed by atoms with Crippen LogP contribution in [0.25, 0.3) is 32.9 Å². The summed E-state index contributed by atoms with van der Waals surface area (Å²) in [5, 5.41) is 1.45. The fraction of sp³-hybridized carbons (Fsp3) is 0.455. The highest BCUT2D eigenvalue weighted by Gasteiger charge is 2.45. The first kappa shape index (κ1) is 31.9. The van der Waals surface area contributed by atoms with Crippen LogP contribution in [-0.2, 0) is 25.7 Å². The van der Waals surface area contributed by atoms with Gasteiger partial charge in [-0.3, -0.25) is 9.88 Å². The third-order valence-electron chi connectivity index (χ3n) is 8.38. The van der Waals surface area contributed by atoms with Crippen molar-refractivity contribution in [1.82, 2.24) is 19.9 Å². The summed E-state index contributed by atoms with van der Waals surface area (Å²) in [7, 11) is -2.41. The molecule has 2 aromatic heterocycles. The first-order valence-corrected chi connectivity index (χ1v) is 17.2. The van der Waals surface area contributed by atoms with Crippen LogP contribution in [-0.4, -0.2) is 85.3 Å². The number of methoxy groups -OCH3 is 1. The molecule has 0 aliphatic carbocycles. The van der Waals surface area contributed by atoms with Gasteiger partial charge in [0, 0.05) is 38.2 Å². The van der Waals surface area contributed by atoms with Crippen molar-refractivity contribution in [2.75, 3.05) is 38.1 Å². The van der Waals surface area contributed by atoms with Crippen LogP contribution in [0.15, 0.2) is 41.7 Å². The molecule has 2 saturated heterocycles. The second-order valence-electron chi connectivity index (χ2n) is 12.9. The van der Waals surface area contributed by atoms with Crippen molar-refractivity contribution in [1.29, 1.82) is 0 Å². The number of carbonyl (C=O) groups excluding carboxylic acids is 1. The number of pyridine rings is 1. The van der Waals surface area contributed by atoms with E-state index in [0.717, 1.165) is 35.4 Å². The SMILES string of the molecule is CCc1cccc2cc(OCOC)cc(-c3ncc4c(N5CC6CCC(C5)N6C(=O)OC(C)(C)C)nc(S(C)(=O)=O)nc4c3F)c12. The van der Waals surface area contributed by atoms with Gasteiger partial charge >= 0.3 is 6.09 Å². The lowest BCUT2D eigenvalue weighted by atomic mass is 9.95. The monoisotopic (exact) mass is 651 g/mol. The molecule has 2 atom stereocenters. The lowest BCUT2D eigenvalue weighted by molar-refractivity contribution is 0.0123. The molecule has 2 aliphatic heterocycles. The van der Waals surface area contributed by atoms with E-state index in [0.29, 0.717) is 30.8 Å². The maximum absolute atomic E-state index is 16.8. The lowest BCUT2D eigenvalue weighted by Crippen LogP contribution is -2.57. The van der Waals surface area contributed by atoms with Crippen LogP contribution in [0.2, 0.25) is 0 Å². The molecular weight excluding hydrogens is 613 g/mol. The Hall–Kier alpha value is -4.10. The number of benzene rings is 2. The second kappa shape index (κ2) is 11.9. The van der Waals surface area contributed by atoms with Crippen LogP contribution < -0.4 is 9.64 Å². The number of halogens is 1. The molecule has 0 N–H and O–H groups in total. The van der Waals surface area contributed by atoms with Crippen LogP contribution in [0.4, 0.5) is 15.0 Å². The number of sulfone groups is 1. The summed E-state index contributed by atoms with van der Waals surface area (Å²) in [5.74, 6) is -0.0321. The molecule has 46 heavy (non-hydrogen) atoms. The van der Waals surface area contributed by atoms with Crippen molar-refractivity contribution < 1.29 is 31.8 Å². The number of anilines is 1. The summed E-state index contributed by atoms with van der Waals surface area (Å²) < 4.78 is 58.9. The highest BCUT2D eigenvalue weighted by atomic mass is 32.2. The number of hydrogen-bond acceptors (Lipinski definition) is 10. The number of hydrogen-bond donors (Lipinski definition) is 0. The third kappa shape index (κ3) is 5.93. The van der Waals surface area contributed by atoms with Gasteiger partial charge in [0.1, 0.15) is 28.4 Å². The predicted octanol–water partition coefficient (Wildman–Crippen LogP) is 5.52. The summed E-state index contributed by atoms with van der Waals surface area (Å²) in [4.78, 5) is 30.0. The maximum atomic E-state index is 16.8. The first-order chi connectivity index (χ1) is 21.8.